The minimum atomic E-state index is -0.792. The number of imidazole rings is 2. The van der Waals surface area contributed by atoms with Crippen molar-refractivity contribution in [3.63, 3.8) is 0 Å². The molecule has 0 fully saturated rings. The molecule has 0 aliphatic carbocycles. The average Bonchev–Trinajstić information content (AvgIpc) is 3.35. The first-order valence-corrected chi connectivity index (χ1v) is 8.88. The van der Waals surface area contributed by atoms with Crippen LogP contribution in [-0.4, -0.2) is 42.5 Å². The summed E-state index contributed by atoms with van der Waals surface area (Å²) in [6, 6.07) is 8.76. The number of rotatable bonds is 4. The molecule has 0 saturated carbocycles. The highest BCUT2D eigenvalue weighted by molar-refractivity contribution is 6.02. The van der Waals surface area contributed by atoms with E-state index in [0.717, 1.165) is 5.52 Å². The second-order valence-corrected chi connectivity index (χ2v) is 6.45. The molecule has 0 bridgehead atoms. The van der Waals surface area contributed by atoms with Crippen LogP contribution in [0.1, 0.15) is 10.5 Å². The van der Waals surface area contributed by atoms with E-state index in [-0.39, 0.29) is 22.7 Å². The van der Waals surface area contributed by atoms with Crippen LogP contribution in [0.2, 0.25) is 0 Å². The number of nitrogens with zero attached hydrogens (tertiary/aromatic N) is 4. The van der Waals surface area contributed by atoms with Crippen molar-refractivity contribution < 1.29 is 14.5 Å². The van der Waals surface area contributed by atoms with Crippen molar-refractivity contribution in [1.29, 1.82) is 0 Å². The van der Waals surface area contributed by atoms with Crippen LogP contribution in [0.4, 0.5) is 0 Å². The number of hydrogen-bond acceptors (Lipinski definition) is 6. The van der Waals surface area contributed by atoms with E-state index in [1.807, 2.05) is 0 Å². The third-order valence-electron chi connectivity index (χ3n) is 4.68. The number of H-pyrrole nitrogens is 3. The number of amides is 1. The van der Waals surface area contributed by atoms with Gasteiger partial charge in [0, 0.05) is 0 Å². The highest BCUT2D eigenvalue weighted by atomic mass is 16.5. The zero-order valence-electron chi connectivity index (χ0n) is 15.6. The lowest BCUT2D eigenvalue weighted by Gasteiger charge is -2.09. The zero-order valence-corrected chi connectivity index (χ0v) is 15.6. The second kappa shape index (κ2) is 6.51. The number of nitrogens with one attached hydrogen (secondary N) is 3. The van der Waals surface area contributed by atoms with Gasteiger partial charge in [-0.15, -0.1) is 4.98 Å². The Hall–Kier alpha value is -4.54. The fourth-order valence-electron chi connectivity index (χ4n) is 3.32. The van der Waals surface area contributed by atoms with Gasteiger partial charge in [0.2, 0.25) is 0 Å². The van der Waals surface area contributed by atoms with Gasteiger partial charge in [0.1, 0.15) is 17.5 Å². The van der Waals surface area contributed by atoms with Crippen LogP contribution in [0.25, 0.3) is 39.4 Å². The molecule has 0 unspecified atom stereocenters. The molecule has 0 aliphatic heterocycles. The smallest absolute Gasteiger partial charge is 0.332 e. The summed E-state index contributed by atoms with van der Waals surface area (Å²) in [5.74, 6) is -0.131. The number of fused-ring (bicyclic) bond motifs is 2. The van der Waals surface area contributed by atoms with Crippen molar-refractivity contribution in [3.8, 4) is 22.8 Å². The van der Waals surface area contributed by atoms with Crippen LogP contribution in [0.15, 0.2) is 47.7 Å². The minimum absolute atomic E-state index is 0.0982. The molecule has 5 rings (SSSR count). The van der Waals surface area contributed by atoms with Crippen molar-refractivity contribution in [3.05, 3.63) is 59.0 Å². The van der Waals surface area contributed by atoms with Gasteiger partial charge in [-0.25, -0.2) is 24.3 Å². The molecule has 0 aliphatic rings. The number of carbonyl (C=O) groups excluding carboxylic acids is 1. The molecule has 30 heavy (non-hydrogen) atoms. The molecule has 0 radical (unpaired) electrons. The van der Waals surface area contributed by atoms with Crippen LogP contribution < -0.4 is 21.1 Å². The number of aromatic amines is 3. The molecule has 4 aromatic heterocycles. The molecular formula is C19H15N8O3+. The maximum absolute atomic E-state index is 12.8. The quantitative estimate of drug-likeness (QED) is 0.398. The van der Waals surface area contributed by atoms with Gasteiger partial charge >= 0.3 is 5.69 Å². The number of carbonyl (C=O) groups is 1. The summed E-state index contributed by atoms with van der Waals surface area (Å²) in [4.78, 5) is 46.6. The maximum Gasteiger partial charge on any atom is 0.332 e. The van der Waals surface area contributed by atoms with Crippen molar-refractivity contribution in [2.45, 2.75) is 0 Å². The Morgan fingerprint density at radius 2 is 2.10 bits per heavy atom. The fraction of sp³-hybridized carbons (Fsp3) is 0.0526. The summed E-state index contributed by atoms with van der Waals surface area (Å²) in [5, 5.41) is 0. The van der Waals surface area contributed by atoms with E-state index in [2.05, 4.69) is 29.9 Å². The van der Waals surface area contributed by atoms with Crippen LogP contribution in [0.3, 0.4) is 0 Å². The maximum atomic E-state index is 12.8. The molecule has 0 atom stereocenters. The molecule has 5 aromatic rings. The highest BCUT2D eigenvalue weighted by Gasteiger charge is 2.22. The van der Waals surface area contributed by atoms with Crippen molar-refractivity contribution >= 4 is 28.2 Å². The number of ether oxygens (including phenoxy) is 1. The number of methoxy groups -OCH3 is 1. The van der Waals surface area contributed by atoms with E-state index in [1.54, 1.807) is 42.9 Å². The third-order valence-corrected chi connectivity index (χ3v) is 4.68. The standard InChI is InChI=1S/C19H14N8O3/c1-30-12-5-3-2-4-11(12)27-18-14(25-19(27)29)13(15(20)28)24-16(26-18)9-6-10-17(21-7-9)23-8-22-10/h2-8H,1H3,(H2,20,28)(H,25,29)(H,21,22,23)/p+1. The number of aromatic nitrogens is 7. The number of hydrogen-bond donors (Lipinski definition) is 3. The number of primary amides is 1. The molecule has 5 N–H and O–H groups in total. The van der Waals surface area contributed by atoms with Gasteiger partial charge in [0.15, 0.2) is 29.0 Å². The normalized spacial score (nSPS) is 11.2. The zero-order chi connectivity index (χ0) is 20.8. The average molecular weight is 403 g/mol. The first-order valence-electron chi connectivity index (χ1n) is 8.88. The third kappa shape index (κ3) is 2.60. The summed E-state index contributed by atoms with van der Waals surface area (Å²) in [7, 11) is 1.50. The van der Waals surface area contributed by atoms with Crippen molar-refractivity contribution in [1.82, 2.24) is 29.5 Å². The summed E-state index contributed by atoms with van der Waals surface area (Å²) in [6.45, 7) is 0. The Kier molecular flexibility index (Phi) is 3.81. The highest BCUT2D eigenvalue weighted by Crippen LogP contribution is 2.26. The summed E-state index contributed by atoms with van der Waals surface area (Å²) < 4.78 is 6.70. The van der Waals surface area contributed by atoms with Crippen LogP contribution in [0.5, 0.6) is 5.75 Å². The summed E-state index contributed by atoms with van der Waals surface area (Å²) >= 11 is 0. The van der Waals surface area contributed by atoms with Gasteiger partial charge in [0.05, 0.1) is 18.4 Å². The van der Waals surface area contributed by atoms with Gasteiger partial charge < -0.3 is 15.5 Å². The van der Waals surface area contributed by atoms with Gasteiger partial charge in [-0.05, 0) is 18.2 Å². The molecule has 148 valence electrons. The van der Waals surface area contributed by atoms with Crippen LogP contribution >= 0.6 is 0 Å². The molecule has 11 nitrogen and oxygen atoms in total. The molecule has 11 heteroatoms. The molecule has 1 amide bonds. The molecule has 4 heterocycles. The predicted octanol–water partition coefficient (Wildman–Crippen LogP) is 0.574. The van der Waals surface area contributed by atoms with Gasteiger partial charge in [-0.1, -0.05) is 12.1 Å². The Morgan fingerprint density at radius 3 is 2.90 bits per heavy atom. The predicted molar refractivity (Wildman–Crippen MR) is 106 cm³/mol. The first kappa shape index (κ1) is 17.6. The Labute approximate surface area is 167 Å². The second-order valence-electron chi connectivity index (χ2n) is 6.45. The monoisotopic (exact) mass is 403 g/mol. The van der Waals surface area contributed by atoms with Crippen LogP contribution in [-0.2, 0) is 0 Å². The van der Waals surface area contributed by atoms with Crippen molar-refractivity contribution in [2.24, 2.45) is 5.73 Å². The van der Waals surface area contributed by atoms with Gasteiger partial charge in [-0.2, -0.15) is 0 Å². The molecule has 0 spiro atoms. The number of nitrogens with two attached hydrogens (primary N) is 1. The van der Waals surface area contributed by atoms with E-state index in [9.17, 15) is 9.59 Å². The van der Waals surface area contributed by atoms with E-state index < -0.39 is 11.6 Å². The summed E-state index contributed by atoms with van der Waals surface area (Å²) in [6.07, 6.45) is 3.21. The Morgan fingerprint density at radius 1 is 1.27 bits per heavy atom. The lowest BCUT2D eigenvalue weighted by atomic mass is 10.2. The minimum Gasteiger partial charge on any atom is -0.495 e. The summed E-state index contributed by atoms with van der Waals surface area (Å²) in [5.41, 5.74) is 7.67. The van der Waals surface area contributed by atoms with E-state index in [4.69, 9.17) is 10.5 Å². The largest absolute Gasteiger partial charge is 0.495 e. The SMILES string of the molecule is COc1ccccc1-n1c(=O)[nH]c2c(C(N)=O)nc(-c3cnc4[nH+]c[nH]c4c3)nc21. The van der Waals surface area contributed by atoms with Gasteiger partial charge in [-0.3, -0.25) is 9.78 Å². The van der Waals surface area contributed by atoms with Crippen LogP contribution in [0, 0.1) is 0 Å². The van der Waals surface area contributed by atoms with Crippen molar-refractivity contribution in [2.75, 3.05) is 7.11 Å². The first-order chi connectivity index (χ1) is 14.6. The lowest BCUT2D eigenvalue weighted by molar-refractivity contribution is -0.347. The molecular weight excluding hydrogens is 388 g/mol. The Bertz CT molecular complexity index is 1500. The lowest BCUT2D eigenvalue weighted by Crippen LogP contribution is -2.16. The topological polar surface area (TPSA) is 159 Å². The van der Waals surface area contributed by atoms with Gasteiger partial charge in [0.25, 0.3) is 11.6 Å². The number of benzene rings is 1. The fourth-order valence-corrected chi connectivity index (χ4v) is 3.32. The molecule has 0 saturated heterocycles. The van der Waals surface area contributed by atoms with E-state index in [1.165, 1.54) is 11.7 Å². The van der Waals surface area contributed by atoms with E-state index in [0.29, 0.717) is 22.6 Å². The number of pyridine rings is 1. The Balaban J connectivity index is 1.84. The van der Waals surface area contributed by atoms with E-state index >= 15 is 0 Å². The molecule has 1 aromatic carbocycles. The number of para-hydroxylation sites is 2.